The van der Waals surface area contributed by atoms with Crippen LogP contribution in [0.15, 0.2) is 72.8 Å². The quantitative estimate of drug-likeness (QED) is 0.279. The molecular formula is C36H45ClN4O3. The second-order valence-electron chi connectivity index (χ2n) is 11.9. The third-order valence-electron chi connectivity index (χ3n) is 8.50. The van der Waals surface area contributed by atoms with Gasteiger partial charge in [-0.2, -0.15) is 0 Å². The highest BCUT2D eigenvalue weighted by Gasteiger charge is 2.24. The third kappa shape index (κ3) is 9.07. The summed E-state index contributed by atoms with van der Waals surface area (Å²) in [5.74, 6) is 0.687. The van der Waals surface area contributed by atoms with E-state index >= 15 is 0 Å². The lowest BCUT2D eigenvalue weighted by atomic mass is 10.1. The van der Waals surface area contributed by atoms with Crippen molar-refractivity contribution in [2.45, 2.75) is 58.7 Å². The minimum absolute atomic E-state index is 0.0500. The standard InChI is InChI=1S/C36H45ClN4O3/c1-2-9-35(42)41-21-8-20-39(25-29-10-4-3-5-11-29)22-23-40(27-31-14-15-32(37)24-34(31)41)36(43)28-44-33-16-12-30(13-17-33)26-38-18-6-7-19-38/h3-5,10-17,24H,2,6-9,18-23,25-28H2,1H3. The first kappa shape index (κ1) is 32.0. The maximum Gasteiger partial charge on any atom is 0.260 e. The molecule has 0 spiro atoms. The molecule has 0 bridgehead atoms. The van der Waals surface area contributed by atoms with Crippen LogP contribution in [0.2, 0.25) is 5.02 Å². The molecule has 2 heterocycles. The summed E-state index contributed by atoms with van der Waals surface area (Å²) < 4.78 is 6.02. The van der Waals surface area contributed by atoms with Crippen LogP contribution >= 0.6 is 11.6 Å². The maximum absolute atomic E-state index is 13.7. The largest absolute Gasteiger partial charge is 0.484 e. The molecular weight excluding hydrogens is 572 g/mol. The molecule has 0 unspecified atom stereocenters. The summed E-state index contributed by atoms with van der Waals surface area (Å²) >= 11 is 6.46. The van der Waals surface area contributed by atoms with Crippen molar-refractivity contribution >= 4 is 29.1 Å². The first-order valence-electron chi connectivity index (χ1n) is 16.1. The van der Waals surface area contributed by atoms with Gasteiger partial charge in [-0.3, -0.25) is 19.4 Å². The fourth-order valence-electron chi connectivity index (χ4n) is 6.10. The molecule has 234 valence electrons. The van der Waals surface area contributed by atoms with E-state index < -0.39 is 0 Å². The molecule has 0 N–H and O–H groups in total. The van der Waals surface area contributed by atoms with Crippen molar-refractivity contribution in [3.63, 3.8) is 0 Å². The zero-order valence-electron chi connectivity index (χ0n) is 25.9. The van der Waals surface area contributed by atoms with Gasteiger partial charge in [0, 0.05) is 57.3 Å². The van der Waals surface area contributed by atoms with Crippen LogP contribution in [0.1, 0.15) is 55.7 Å². The van der Waals surface area contributed by atoms with Crippen molar-refractivity contribution in [3.05, 3.63) is 94.5 Å². The van der Waals surface area contributed by atoms with Crippen LogP contribution in [0.3, 0.4) is 0 Å². The predicted octanol–water partition coefficient (Wildman–Crippen LogP) is 6.38. The first-order chi connectivity index (χ1) is 21.5. The van der Waals surface area contributed by atoms with Crippen molar-refractivity contribution < 1.29 is 14.3 Å². The highest BCUT2D eigenvalue weighted by Crippen LogP contribution is 2.28. The summed E-state index contributed by atoms with van der Waals surface area (Å²) in [4.78, 5) is 35.7. The Labute approximate surface area is 267 Å². The summed E-state index contributed by atoms with van der Waals surface area (Å²) in [6.45, 7) is 9.07. The monoisotopic (exact) mass is 616 g/mol. The van der Waals surface area contributed by atoms with E-state index in [1.165, 1.54) is 24.0 Å². The fourth-order valence-corrected chi connectivity index (χ4v) is 6.27. The molecule has 0 radical (unpaired) electrons. The second-order valence-corrected chi connectivity index (χ2v) is 12.4. The second kappa shape index (κ2) is 16.1. The van der Waals surface area contributed by atoms with Crippen molar-refractivity contribution in [1.82, 2.24) is 14.7 Å². The van der Waals surface area contributed by atoms with E-state index in [0.29, 0.717) is 36.8 Å². The zero-order chi connectivity index (χ0) is 30.7. The molecule has 1 fully saturated rings. The molecule has 2 amide bonds. The number of anilines is 1. The molecule has 1 saturated heterocycles. The molecule has 3 aromatic carbocycles. The highest BCUT2D eigenvalue weighted by molar-refractivity contribution is 6.31. The molecule has 3 aromatic rings. The number of carbonyl (C=O) groups excluding carboxylic acids is 2. The number of rotatable bonds is 9. The summed E-state index contributed by atoms with van der Waals surface area (Å²) in [6.07, 6.45) is 4.60. The normalized spacial score (nSPS) is 16.8. The van der Waals surface area contributed by atoms with E-state index in [1.807, 2.05) is 53.1 Å². The fraction of sp³-hybridized carbons (Fsp3) is 0.444. The van der Waals surface area contributed by atoms with Gasteiger partial charge in [0.15, 0.2) is 6.61 Å². The maximum atomic E-state index is 13.7. The van der Waals surface area contributed by atoms with Crippen molar-refractivity contribution in [1.29, 1.82) is 0 Å². The van der Waals surface area contributed by atoms with Crippen molar-refractivity contribution in [2.75, 3.05) is 50.8 Å². The number of likely N-dealkylation sites (tertiary alicyclic amines) is 1. The van der Waals surface area contributed by atoms with Crippen LogP contribution in [-0.2, 0) is 29.2 Å². The topological polar surface area (TPSA) is 56.3 Å². The summed E-state index contributed by atoms with van der Waals surface area (Å²) in [5.41, 5.74) is 4.19. The van der Waals surface area contributed by atoms with Crippen LogP contribution < -0.4 is 9.64 Å². The van der Waals surface area contributed by atoms with Gasteiger partial charge in [0.1, 0.15) is 5.75 Å². The van der Waals surface area contributed by atoms with E-state index in [2.05, 4.69) is 46.2 Å². The Bertz CT molecular complexity index is 1360. The lowest BCUT2D eigenvalue weighted by molar-refractivity contribution is -0.134. The van der Waals surface area contributed by atoms with Gasteiger partial charge in [-0.1, -0.05) is 67.1 Å². The Balaban J connectivity index is 1.33. The highest BCUT2D eigenvalue weighted by atomic mass is 35.5. The summed E-state index contributed by atoms with van der Waals surface area (Å²) in [5, 5.41) is 0.577. The molecule has 2 aliphatic rings. The van der Waals surface area contributed by atoms with E-state index in [4.69, 9.17) is 16.3 Å². The molecule has 0 aromatic heterocycles. The molecule has 7 nitrogen and oxygen atoms in total. The number of amides is 2. The van der Waals surface area contributed by atoms with Gasteiger partial charge >= 0.3 is 0 Å². The van der Waals surface area contributed by atoms with E-state index in [-0.39, 0.29) is 18.4 Å². The Hall–Kier alpha value is -3.39. The average molecular weight is 617 g/mol. The number of carbonyl (C=O) groups is 2. The predicted molar refractivity (Wildman–Crippen MR) is 177 cm³/mol. The Morgan fingerprint density at radius 3 is 2.16 bits per heavy atom. The van der Waals surface area contributed by atoms with E-state index in [0.717, 1.165) is 63.4 Å². The zero-order valence-corrected chi connectivity index (χ0v) is 26.7. The smallest absolute Gasteiger partial charge is 0.260 e. The molecule has 44 heavy (non-hydrogen) atoms. The first-order valence-corrected chi connectivity index (χ1v) is 16.4. The Morgan fingerprint density at radius 1 is 0.750 bits per heavy atom. The van der Waals surface area contributed by atoms with Gasteiger partial charge in [-0.15, -0.1) is 0 Å². The van der Waals surface area contributed by atoms with Crippen LogP contribution in [0.5, 0.6) is 5.75 Å². The van der Waals surface area contributed by atoms with Crippen LogP contribution in [0, 0.1) is 0 Å². The van der Waals surface area contributed by atoms with Gasteiger partial charge < -0.3 is 14.5 Å². The third-order valence-corrected chi connectivity index (χ3v) is 8.73. The Kier molecular flexibility index (Phi) is 11.7. The number of halogens is 1. The number of benzene rings is 3. The lowest BCUT2D eigenvalue weighted by Crippen LogP contribution is -2.40. The number of fused-ring (bicyclic) bond motifs is 1. The van der Waals surface area contributed by atoms with Gasteiger partial charge in [0.2, 0.25) is 5.91 Å². The van der Waals surface area contributed by atoms with E-state index in [9.17, 15) is 9.59 Å². The molecule has 5 rings (SSSR count). The molecule has 2 aliphatic heterocycles. The van der Waals surface area contributed by atoms with Gasteiger partial charge in [-0.05, 0) is 79.7 Å². The van der Waals surface area contributed by atoms with Crippen molar-refractivity contribution in [3.8, 4) is 5.75 Å². The Morgan fingerprint density at radius 2 is 1.43 bits per heavy atom. The van der Waals surface area contributed by atoms with Gasteiger partial charge in [-0.25, -0.2) is 0 Å². The molecule has 0 aliphatic carbocycles. The average Bonchev–Trinajstić information content (AvgIpc) is 3.54. The number of ether oxygens (including phenoxy) is 1. The SMILES string of the molecule is CCCC(=O)N1CCCN(Cc2ccccc2)CCN(C(=O)COc2ccc(CN3CCCC3)cc2)Cc2ccc(Cl)cc21. The summed E-state index contributed by atoms with van der Waals surface area (Å²) in [6, 6.07) is 24.2. The number of hydrogen-bond acceptors (Lipinski definition) is 5. The van der Waals surface area contributed by atoms with Crippen LogP contribution in [0.4, 0.5) is 5.69 Å². The van der Waals surface area contributed by atoms with Gasteiger partial charge in [0.25, 0.3) is 5.91 Å². The number of hydrogen-bond donors (Lipinski definition) is 0. The van der Waals surface area contributed by atoms with Crippen molar-refractivity contribution in [2.24, 2.45) is 0 Å². The lowest BCUT2D eigenvalue weighted by Gasteiger charge is -2.28. The van der Waals surface area contributed by atoms with Crippen LogP contribution in [0.25, 0.3) is 0 Å². The molecule has 0 atom stereocenters. The molecule has 0 saturated carbocycles. The number of nitrogens with zero attached hydrogens (tertiary/aromatic N) is 4. The minimum atomic E-state index is -0.0858. The minimum Gasteiger partial charge on any atom is -0.484 e. The molecule has 8 heteroatoms. The van der Waals surface area contributed by atoms with Crippen LogP contribution in [-0.4, -0.2) is 72.4 Å². The van der Waals surface area contributed by atoms with Gasteiger partial charge in [0.05, 0.1) is 5.69 Å². The van der Waals surface area contributed by atoms with E-state index in [1.54, 1.807) is 0 Å². The summed E-state index contributed by atoms with van der Waals surface area (Å²) in [7, 11) is 0.